The summed E-state index contributed by atoms with van der Waals surface area (Å²) in [6.07, 6.45) is -1.18. The fourth-order valence-corrected chi connectivity index (χ4v) is 0.973. The third-order valence-electron chi connectivity index (χ3n) is 1.64. The van der Waals surface area contributed by atoms with Gasteiger partial charge < -0.3 is 10.2 Å². The molecule has 13 heavy (non-hydrogen) atoms. The quantitative estimate of drug-likeness (QED) is 0.621. The number of hydrogen-bond acceptors (Lipinski definition) is 4. The molecule has 0 aromatic rings. The minimum atomic E-state index is -2.04. The molecule has 0 amide bonds. The van der Waals surface area contributed by atoms with E-state index in [1.54, 1.807) is 0 Å². The monoisotopic (exact) mass is 188 g/mol. The number of rotatable bonds is 5. The first-order valence-corrected chi connectivity index (χ1v) is 3.72. The van der Waals surface area contributed by atoms with Crippen LogP contribution >= 0.6 is 0 Å². The van der Waals surface area contributed by atoms with Crippen molar-refractivity contribution in [1.82, 2.24) is 0 Å². The predicted molar refractivity (Wildman–Crippen MR) is 43.2 cm³/mol. The van der Waals surface area contributed by atoms with Crippen LogP contribution in [0.3, 0.4) is 0 Å². The molecule has 0 aliphatic carbocycles. The zero-order valence-corrected chi connectivity index (χ0v) is 7.53. The van der Waals surface area contributed by atoms with Gasteiger partial charge in [-0.2, -0.15) is 0 Å². The average molecular weight is 188 g/mol. The molecule has 0 aliphatic rings. The smallest absolute Gasteiger partial charge is 0.306 e. The average Bonchev–Trinajstić information content (AvgIpc) is 1.82. The normalized spacial score (nSPS) is 14.7. The summed E-state index contributed by atoms with van der Waals surface area (Å²) in [5.41, 5.74) is -2.04. The SMILES string of the molecule is CC(=O)CC(O)(CC(=O)O)C(C)=O. The van der Waals surface area contributed by atoms with Crippen molar-refractivity contribution in [1.29, 1.82) is 0 Å². The molecule has 0 rings (SSSR count). The van der Waals surface area contributed by atoms with Gasteiger partial charge in [0.2, 0.25) is 0 Å². The van der Waals surface area contributed by atoms with Crippen LogP contribution in [0.4, 0.5) is 0 Å². The molecule has 0 aliphatic heterocycles. The van der Waals surface area contributed by atoms with Gasteiger partial charge >= 0.3 is 5.97 Å². The third kappa shape index (κ3) is 3.80. The summed E-state index contributed by atoms with van der Waals surface area (Å²) in [5.74, 6) is -2.43. The first kappa shape index (κ1) is 11.8. The van der Waals surface area contributed by atoms with E-state index in [1.165, 1.54) is 6.92 Å². The van der Waals surface area contributed by atoms with Crippen LogP contribution in [0, 0.1) is 0 Å². The predicted octanol–water partition coefficient (Wildman–Crippen LogP) is -0.240. The summed E-state index contributed by atoms with van der Waals surface area (Å²) in [7, 11) is 0. The lowest BCUT2D eigenvalue weighted by Crippen LogP contribution is -2.41. The second-order valence-corrected chi connectivity index (χ2v) is 3.04. The summed E-state index contributed by atoms with van der Waals surface area (Å²) in [6.45, 7) is 2.25. The number of Topliss-reactive ketones (excluding diaryl/α,β-unsaturated/α-hetero) is 2. The van der Waals surface area contributed by atoms with Gasteiger partial charge in [-0.1, -0.05) is 0 Å². The lowest BCUT2D eigenvalue weighted by molar-refractivity contribution is -0.152. The minimum absolute atomic E-state index is 0.418. The maximum atomic E-state index is 10.9. The van der Waals surface area contributed by atoms with E-state index in [9.17, 15) is 19.5 Å². The van der Waals surface area contributed by atoms with Crippen LogP contribution in [0.2, 0.25) is 0 Å². The molecule has 0 radical (unpaired) electrons. The number of carboxylic acid groups (broad SMARTS) is 1. The van der Waals surface area contributed by atoms with E-state index in [2.05, 4.69) is 0 Å². The van der Waals surface area contributed by atoms with Gasteiger partial charge in [-0.3, -0.25) is 14.4 Å². The summed E-state index contributed by atoms with van der Waals surface area (Å²) in [5, 5.41) is 17.9. The Morgan fingerprint density at radius 3 is 1.85 bits per heavy atom. The van der Waals surface area contributed by atoms with E-state index in [-0.39, 0.29) is 0 Å². The number of carbonyl (C=O) groups excluding carboxylic acids is 2. The molecule has 0 aromatic carbocycles. The van der Waals surface area contributed by atoms with Crippen LogP contribution in [0.5, 0.6) is 0 Å². The highest BCUT2D eigenvalue weighted by Gasteiger charge is 2.36. The van der Waals surface area contributed by atoms with Crippen molar-refractivity contribution in [3.63, 3.8) is 0 Å². The van der Waals surface area contributed by atoms with E-state index >= 15 is 0 Å². The molecule has 0 bridgehead atoms. The highest BCUT2D eigenvalue weighted by Crippen LogP contribution is 2.17. The Morgan fingerprint density at radius 2 is 1.62 bits per heavy atom. The van der Waals surface area contributed by atoms with Gasteiger partial charge in [0.1, 0.15) is 11.4 Å². The molecule has 5 nitrogen and oxygen atoms in total. The maximum Gasteiger partial charge on any atom is 0.306 e. The molecule has 0 saturated heterocycles. The van der Waals surface area contributed by atoms with Crippen molar-refractivity contribution in [2.24, 2.45) is 0 Å². The van der Waals surface area contributed by atoms with Crippen LogP contribution in [0.1, 0.15) is 26.7 Å². The highest BCUT2D eigenvalue weighted by atomic mass is 16.4. The molecular weight excluding hydrogens is 176 g/mol. The Hall–Kier alpha value is -1.23. The Morgan fingerprint density at radius 1 is 1.15 bits per heavy atom. The molecule has 1 unspecified atom stereocenters. The van der Waals surface area contributed by atoms with Gasteiger partial charge in [0, 0.05) is 6.42 Å². The largest absolute Gasteiger partial charge is 0.481 e. The van der Waals surface area contributed by atoms with Gasteiger partial charge in [-0.05, 0) is 13.8 Å². The number of carboxylic acids is 1. The van der Waals surface area contributed by atoms with E-state index in [1.807, 2.05) is 0 Å². The second-order valence-electron chi connectivity index (χ2n) is 3.04. The van der Waals surface area contributed by atoms with Crippen molar-refractivity contribution in [2.45, 2.75) is 32.3 Å². The fourth-order valence-electron chi connectivity index (χ4n) is 0.973. The zero-order chi connectivity index (χ0) is 10.6. The van der Waals surface area contributed by atoms with Gasteiger partial charge in [-0.25, -0.2) is 0 Å². The van der Waals surface area contributed by atoms with Crippen molar-refractivity contribution >= 4 is 17.5 Å². The fraction of sp³-hybridized carbons (Fsp3) is 0.625. The molecule has 0 fully saturated rings. The van der Waals surface area contributed by atoms with E-state index in [0.717, 1.165) is 6.92 Å². The van der Waals surface area contributed by atoms with Crippen molar-refractivity contribution in [2.75, 3.05) is 0 Å². The number of ketones is 2. The van der Waals surface area contributed by atoms with Crippen LogP contribution < -0.4 is 0 Å². The summed E-state index contributed by atoms with van der Waals surface area (Å²) in [4.78, 5) is 31.8. The van der Waals surface area contributed by atoms with Gasteiger partial charge in [-0.15, -0.1) is 0 Å². The third-order valence-corrected chi connectivity index (χ3v) is 1.64. The molecule has 74 valence electrons. The lowest BCUT2D eigenvalue weighted by Gasteiger charge is -2.21. The van der Waals surface area contributed by atoms with Crippen LogP contribution in [-0.4, -0.2) is 33.3 Å². The lowest BCUT2D eigenvalue weighted by atomic mass is 9.90. The van der Waals surface area contributed by atoms with E-state index in [0.29, 0.717) is 0 Å². The van der Waals surface area contributed by atoms with Crippen LogP contribution in [0.25, 0.3) is 0 Å². The molecule has 0 aromatic heterocycles. The molecular formula is C8H12O5. The highest BCUT2D eigenvalue weighted by molar-refractivity contribution is 5.93. The van der Waals surface area contributed by atoms with Gasteiger partial charge in [0.05, 0.1) is 6.42 Å². The molecule has 0 saturated carbocycles. The van der Waals surface area contributed by atoms with Crippen molar-refractivity contribution in [3.8, 4) is 0 Å². The Bertz CT molecular complexity index is 227. The first-order chi connectivity index (χ1) is 5.78. The molecule has 0 spiro atoms. The second kappa shape index (κ2) is 4.13. The molecule has 1 atom stereocenters. The van der Waals surface area contributed by atoms with Gasteiger partial charge in [0.15, 0.2) is 5.78 Å². The van der Waals surface area contributed by atoms with Crippen LogP contribution in [0.15, 0.2) is 0 Å². The number of hydrogen-bond donors (Lipinski definition) is 2. The Labute approximate surface area is 75.4 Å². The molecule has 0 heterocycles. The maximum absolute atomic E-state index is 10.9. The molecule has 2 N–H and O–H groups in total. The number of aliphatic carboxylic acids is 1. The Kier molecular flexibility index (Phi) is 3.74. The summed E-state index contributed by atoms with van der Waals surface area (Å²) in [6, 6.07) is 0. The van der Waals surface area contributed by atoms with Crippen molar-refractivity contribution < 1.29 is 24.6 Å². The zero-order valence-electron chi connectivity index (χ0n) is 7.53. The molecule has 5 heteroatoms. The summed E-state index contributed by atoms with van der Waals surface area (Å²) < 4.78 is 0. The number of aliphatic hydroxyl groups is 1. The first-order valence-electron chi connectivity index (χ1n) is 3.72. The summed E-state index contributed by atoms with van der Waals surface area (Å²) >= 11 is 0. The number of carbonyl (C=O) groups is 3. The van der Waals surface area contributed by atoms with E-state index in [4.69, 9.17) is 5.11 Å². The van der Waals surface area contributed by atoms with Crippen LogP contribution in [-0.2, 0) is 14.4 Å². The topological polar surface area (TPSA) is 91.7 Å². The van der Waals surface area contributed by atoms with E-state index < -0.39 is 36.0 Å². The van der Waals surface area contributed by atoms with Crippen molar-refractivity contribution in [3.05, 3.63) is 0 Å². The minimum Gasteiger partial charge on any atom is -0.481 e. The Balaban J connectivity index is 4.62. The standard InChI is InChI=1S/C8H12O5/c1-5(9)3-8(13,6(2)10)4-7(11)12/h13H,3-4H2,1-2H3,(H,11,12). The van der Waals surface area contributed by atoms with Gasteiger partial charge in [0.25, 0.3) is 0 Å².